The van der Waals surface area contributed by atoms with Gasteiger partial charge in [0, 0.05) is 23.5 Å². The third-order valence-corrected chi connectivity index (χ3v) is 7.83. The number of rotatable bonds is 8. The van der Waals surface area contributed by atoms with Gasteiger partial charge in [-0.3, -0.25) is 14.5 Å². The van der Waals surface area contributed by atoms with Gasteiger partial charge in [0.2, 0.25) is 0 Å². The van der Waals surface area contributed by atoms with Crippen LogP contribution in [0.15, 0.2) is 48.5 Å². The van der Waals surface area contributed by atoms with Crippen LogP contribution in [0.5, 0.6) is 0 Å². The minimum absolute atomic E-state index is 0.0227. The molecule has 35 heavy (non-hydrogen) atoms. The quantitative estimate of drug-likeness (QED) is 0.548. The summed E-state index contributed by atoms with van der Waals surface area (Å²) in [5.74, 6) is -0.856. The average molecular weight is 497 g/mol. The number of carboxylic acid groups (broad SMARTS) is 1. The largest absolute Gasteiger partial charge is 0.481 e. The van der Waals surface area contributed by atoms with Crippen molar-refractivity contribution in [1.82, 2.24) is 5.32 Å². The fraction of sp³-hybridized carbons (Fsp3) is 0.444. The number of hydrogen-bond acceptors (Lipinski definition) is 5. The lowest BCUT2D eigenvalue weighted by Crippen LogP contribution is -2.53. The lowest BCUT2D eigenvalue weighted by molar-refractivity contribution is -0.139. The molecule has 7 nitrogen and oxygen atoms in total. The normalized spacial score (nSPS) is 23.8. The number of carboxylic acids is 1. The number of nitrogens with zero attached hydrogens (tertiary/aromatic N) is 1. The lowest BCUT2D eigenvalue weighted by Gasteiger charge is -2.40. The monoisotopic (exact) mass is 496 g/mol. The molecule has 1 aliphatic heterocycles. The summed E-state index contributed by atoms with van der Waals surface area (Å²) in [5, 5.41) is 13.1. The number of ether oxygens (including phenoxy) is 1. The van der Waals surface area contributed by atoms with Crippen molar-refractivity contribution in [3.05, 3.63) is 64.7 Å². The first-order valence-electron chi connectivity index (χ1n) is 12.2. The minimum atomic E-state index is -0.956. The van der Waals surface area contributed by atoms with Crippen LogP contribution >= 0.6 is 11.6 Å². The van der Waals surface area contributed by atoms with Crippen molar-refractivity contribution in [2.75, 3.05) is 4.90 Å². The summed E-state index contributed by atoms with van der Waals surface area (Å²) in [4.78, 5) is 38.9. The van der Waals surface area contributed by atoms with Crippen LogP contribution in [0.4, 0.5) is 10.5 Å². The van der Waals surface area contributed by atoms with E-state index in [0.29, 0.717) is 5.02 Å². The first-order chi connectivity index (χ1) is 16.9. The van der Waals surface area contributed by atoms with E-state index in [1.165, 1.54) is 0 Å². The molecular weight excluding hydrogens is 468 g/mol. The molecule has 2 saturated carbocycles. The summed E-state index contributed by atoms with van der Waals surface area (Å²) in [5.41, 5.74) is 2.12. The number of aliphatic carboxylic acids is 1. The molecule has 1 amide bonds. The Morgan fingerprint density at radius 1 is 1.09 bits per heavy atom. The van der Waals surface area contributed by atoms with E-state index in [-0.39, 0.29) is 43.2 Å². The van der Waals surface area contributed by atoms with Gasteiger partial charge in [-0.2, -0.15) is 0 Å². The molecule has 2 aromatic carbocycles. The van der Waals surface area contributed by atoms with Crippen molar-refractivity contribution < 1.29 is 24.2 Å². The van der Waals surface area contributed by atoms with Crippen LogP contribution in [-0.4, -0.2) is 40.6 Å². The number of nitrogens with one attached hydrogen (secondary N) is 1. The zero-order valence-electron chi connectivity index (χ0n) is 19.4. The van der Waals surface area contributed by atoms with E-state index < -0.39 is 17.6 Å². The van der Waals surface area contributed by atoms with Gasteiger partial charge < -0.3 is 15.2 Å². The highest BCUT2D eigenvalue weighted by molar-refractivity contribution is 6.31. The molecular formula is C27H29ClN2O5. The zero-order valence-corrected chi connectivity index (χ0v) is 20.2. The van der Waals surface area contributed by atoms with Gasteiger partial charge in [-0.25, -0.2) is 4.79 Å². The van der Waals surface area contributed by atoms with Gasteiger partial charge in [0.1, 0.15) is 6.61 Å². The standard InChI is InChI=1S/C27H29ClN2O5/c28-19-7-6-18-14-20-21(29-27(12-13-27)24(31)10-11-25(32)33)8-9-22(20)30(23(18)15-19)26(34)35-16-17-4-2-1-3-5-17/h1-7,15,20-22,29H,8-14,16H2,(H,32,33). The molecule has 5 rings (SSSR count). The van der Waals surface area contributed by atoms with Gasteiger partial charge in [-0.1, -0.05) is 48.0 Å². The SMILES string of the molecule is O=C(O)CCC(=O)C1(NC2CCC3C2Cc2ccc(Cl)cc2N3C(=O)OCc2ccccc2)CC1. The number of carbonyl (C=O) groups excluding carboxylic acids is 2. The maximum atomic E-state index is 13.4. The van der Waals surface area contributed by atoms with Crippen LogP contribution in [0.1, 0.15) is 49.7 Å². The third-order valence-electron chi connectivity index (χ3n) is 7.59. The first kappa shape index (κ1) is 23.8. The molecule has 2 N–H and O–H groups in total. The molecule has 3 unspecified atom stereocenters. The Bertz CT molecular complexity index is 1130. The van der Waals surface area contributed by atoms with Gasteiger partial charge in [0.05, 0.1) is 17.6 Å². The molecule has 184 valence electrons. The number of ketones is 1. The Morgan fingerprint density at radius 2 is 1.86 bits per heavy atom. The molecule has 0 saturated heterocycles. The fourth-order valence-corrected chi connectivity index (χ4v) is 5.82. The fourth-order valence-electron chi connectivity index (χ4n) is 5.66. The second-order valence-corrected chi connectivity index (χ2v) is 10.3. The van der Waals surface area contributed by atoms with Crippen molar-refractivity contribution in [3.8, 4) is 0 Å². The molecule has 2 aromatic rings. The molecule has 8 heteroatoms. The first-order valence-corrected chi connectivity index (χ1v) is 12.6. The molecule has 2 aliphatic carbocycles. The van der Waals surface area contributed by atoms with Crippen LogP contribution < -0.4 is 10.2 Å². The molecule has 1 heterocycles. The number of halogens is 1. The summed E-state index contributed by atoms with van der Waals surface area (Å²) in [6.07, 6.45) is 3.35. The van der Waals surface area contributed by atoms with Crippen molar-refractivity contribution in [3.63, 3.8) is 0 Å². The number of fused-ring (bicyclic) bond motifs is 2. The smallest absolute Gasteiger partial charge is 0.414 e. The summed E-state index contributed by atoms with van der Waals surface area (Å²) in [6.45, 7) is 0.187. The Balaban J connectivity index is 1.35. The molecule has 0 aromatic heterocycles. The highest BCUT2D eigenvalue weighted by Gasteiger charge is 2.54. The van der Waals surface area contributed by atoms with E-state index in [1.807, 2.05) is 48.5 Å². The average Bonchev–Trinajstić information content (AvgIpc) is 3.54. The van der Waals surface area contributed by atoms with Crippen molar-refractivity contribution >= 4 is 35.1 Å². The Kier molecular flexibility index (Phi) is 6.55. The minimum Gasteiger partial charge on any atom is -0.481 e. The highest BCUT2D eigenvalue weighted by Crippen LogP contribution is 2.46. The van der Waals surface area contributed by atoms with Gasteiger partial charge in [0.15, 0.2) is 5.78 Å². The van der Waals surface area contributed by atoms with E-state index in [0.717, 1.165) is 48.9 Å². The van der Waals surface area contributed by atoms with Crippen molar-refractivity contribution in [2.45, 2.75) is 69.2 Å². The predicted molar refractivity (Wildman–Crippen MR) is 132 cm³/mol. The molecule has 0 spiro atoms. The second-order valence-electron chi connectivity index (χ2n) is 9.85. The maximum Gasteiger partial charge on any atom is 0.414 e. The third kappa shape index (κ3) is 4.93. The molecule has 0 bridgehead atoms. The number of benzene rings is 2. The molecule has 2 fully saturated rings. The van der Waals surface area contributed by atoms with Crippen LogP contribution in [0.25, 0.3) is 0 Å². The van der Waals surface area contributed by atoms with Crippen molar-refractivity contribution in [2.24, 2.45) is 5.92 Å². The lowest BCUT2D eigenvalue weighted by atomic mass is 9.85. The molecule has 3 aliphatic rings. The van der Waals surface area contributed by atoms with E-state index in [2.05, 4.69) is 5.32 Å². The number of hydrogen-bond donors (Lipinski definition) is 2. The van der Waals surface area contributed by atoms with Crippen LogP contribution in [0, 0.1) is 5.92 Å². The summed E-state index contributed by atoms with van der Waals surface area (Å²) in [6, 6.07) is 15.2. The van der Waals surface area contributed by atoms with E-state index in [1.54, 1.807) is 4.90 Å². The van der Waals surface area contributed by atoms with Gasteiger partial charge in [-0.15, -0.1) is 0 Å². The van der Waals surface area contributed by atoms with Gasteiger partial charge in [-0.05, 0) is 61.3 Å². The van der Waals surface area contributed by atoms with Crippen LogP contribution in [-0.2, 0) is 27.4 Å². The maximum absolute atomic E-state index is 13.4. The van der Waals surface area contributed by atoms with E-state index in [4.69, 9.17) is 21.4 Å². The summed E-state index contributed by atoms with van der Waals surface area (Å²) < 4.78 is 5.73. The predicted octanol–water partition coefficient (Wildman–Crippen LogP) is 4.74. The number of anilines is 1. The number of amides is 1. The summed E-state index contributed by atoms with van der Waals surface area (Å²) in [7, 11) is 0. The zero-order chi connectivity index (χ0) is 24.6. The molecule has 0 radical (unpaired) electrons. The summed E-state index contributed by atoms with van der Waals surface area (Å²) >= 11 is 6.30. The van der Waals surface area contributed by atoms with E-state index in [9.17, 15) is 14.4 Å². The van der Waals surface area contributed by atoms with Crippen LogP contribution in [0.3, 0.4) is 0 Å². The highest BCUT2D eigenvalue weighted by atomic mass is 35.5. The second kappa shape index (κ2) is 9.63. The Morgan fingerprint density at radius 3 is 2.57 bits per heavy atom. The van der Waals surface area contributed by atoms with Crippen molar-refractivity contribution in [1.29, 1.82) is 0 Å². The topological polar surface area (TPSA) is 95.9 Å². The van der Waals surface area contributed by atoms with Gasteiger partial charge >= 0.3 is 12.1 Å². The van der Waals surface area contributed by atoms with E-state index >= 15 is 0 Å². The number of carbonyl (C=O) groups is 3. The van der Waals surface area contributed by atoms with Gasteiger partial charge in [0.25, 0.3) is 0 Å². The number of Topliss-reactive ketones (excluding diaryl/α,β-unsaturated/α-hetero) is 1. The van der Waals surface area contributed by atoms with Crippen LogP contribution in [0.2, 0.25) is 5.02 Å². The Labute approximate surface area is 209 Å². The molecule has 3 atom stereocenters. The Hall–Kier alpha value is -2.90.